The quantitative estimate of drug-likeness (QED) is 0.376. The average molecular weight is 530 g/mol. The van der Waals surface area contributed by atoms with Crippen LogP contribution >= 0.6 is 0 Å². The zero-order chi connectivity index (χ0) is 27.3. The van der Waals surface area contributed by atoms with Crippen LogP contribution in [0.2, 0.25) is 0 Å². The molecule has 1 N–H and O–H groups in total. The molecule has 2 aromatic carbocycles. The molecule has 8 nitrogen and oxygen atoms in total. The Labute approximate surface area is 217 Å². The van der Waals surface area contributed by atoms with Crippen molar-refractivity contribution in [2.24, 2.45) is 0 Å². The zero-order valence-electron chi connectivity index (χ0n) is 20.3. The van der Waals surface area contributed by atoms with Crippen LogP contribution in [0.4, 0.5) is 18.0 Å². The molecule has 38 heavy (non-hydrogen) atoms. The summed E-state index contributed by atoms with van der Waals surface area (Å²) < 4.78 is 44.2. The minimum absolute atomic E-state index is 0.0104. The van der Waals surface area contributed by atoms with Gasteiger partial charge in [-0.3, -0.25) is 14.5 Å². The molecule has 2 fully saturated rings. The summed E-state index contributed by atoms with van der Waals surface area (Å²) in [6.45, 7) is 0.165. The number of cyclic esters (lactones) is 1. The van der Waals surface area contributed by atoms with Crippen LogP contribution in [0.15, 0.2) is 60.7 Å². The lowest BCUT2D eigenvalue weighted by molar-refractivity contribution is -0.162. The molecule has 2 aliphatic heterocycles. The molecule has 0 unspecified atom stereocenters. The second-order valence-electron chi connectivity index (χ2n) is 8.93. The van der Waals surface area contributed by atoms with Crippen molar-refractivity contribution in [3.05, 3.63) is 77.4 Å². The first-order valence-corrected chi connectivity index (χ1v) is 12.1. The summed E-state index contributed by atoms with van der Waals surface area (Å²) in [7, 11) is 0. The number of alkyl halides is 3. The van der Waals surface area contributed by atoms with E-state index in [9.17, 15) is 32.3 Å². The van der Waals surface area contributed by atoms with Gasteiger partial charge in [0.1, 0.15) is 25.0 Å². The highest BCUT2D eigenvalue weighted by molar-refractivity contribution is 5.98. The van der Waals surface area contributed by atoms with Gasteiger partial charge in [0.05, 0.1) is 18.2 Å². The van der Waals surface area contributed by atoms with Gasteiger partial charge < -0.3 is 19.7 Å². The standard InChI is InChI=1S/C27H26F3N3O5/c28-27(29,30)20-9-4-8-19(16-20)17-31-24(35)22(10-5-14-34)33-21(12-11-18-6-2-1-3-7-18)23(25(33)36)32-13-15-38-26(32)37/h1-4,6-9,11-12,14,16,21-23H,5,10,13,15,17H2,(H,31,35)/b12-11+/t21-,22-,23+/m1/s1. The second-order valence-corrected chi connectivity index (χ2v) is 8.93. The molecule has 0 aliphatic carbocycles. The van der Waals surface area contributed by atoms with Crippen LogP contribution in [-0.2, 0) is 31.8 Å². The number of likely N-dealkylation sites (tertiary alicyclic amines) is 1. The molecule has 0 saturated carbocycles. The van der Waals surface area contributed by atoms with Gasteiger partial charge in [-0.05, 0) is 29.7 Å². The number of benzene rings is 2. The predicted molar refractivity (Wildman–Crippen MR) is 130 cm³/mol. The lowest BCUT2D eigenvalue weighted by Gasteiger charge is -2.51. The molecule has 0 aromatic heterocycles. The summed E-state index contributed by atoms with van der Waals surface area (Å²) in [5.74, 6) is -1.09. The lowest BCUT2D eigenvalue weighted by Crippen LogP contribution is -2.74. The minimum atomic E-state index is -4.53. The average Bonchev–Trinajstić information content (AvgIpc) is 3.32. The predicted octanol–water partition coefficient (Wildman–Crippen LogP) is 3.41. The van der Waals surface area contributed by atoms with E-state index < -0.39 is 47.8 Å². The van der Waals surface area contributed by atoms with Gasteiger partial charge in [0.15, 0.2) is 0 Å². The van der Waals surface area contributed by atoms with E-state index in [1.165, 1.54) is 21.9 Å². The SMILES string of the molecule is O=CCC[C@H](C(=O)NCc1cccc(C(F)(F)F)c1)N1C(=O)[C@@H](N2CCOC2=O)[C@H]1/C=C/c1ccccc1. The van der Waals surface area contributed by atoms with Gasteiger partial charge in [-0.25, -0.2) is 4.79 Å². The normalized spacial score (nSPS) is 20.3. The van der Waals surface area contributed by atoms with Gasteiger partial charge in [-0.15, -0.1) is 0 Å². The Morgan fingerprint density at radius 3 is 2.55 bits per heavy atom. The molecule has 3 amide bonds. The van der Waals surface area contributed by atoms with E-state index >= 15 is 0 Å². The number of amides is 3. The molecule has 3 atom stereocenters. The Kier molecular flexibility index (Phi) is 8.13. The molecule has 2 heterocycles. The first-order chi connectivity index (χ1) is 18.2. The Balaban J connectivity index is 1.56. The monoisotopic (exact) mass is 529 g/mol. The molecule has 2 saturated heterocycles. The number of ether oxygens (including phenoxy) is 1. The molecule has 200 valence electrons. The fraction of sp³-hybridized carbons (Fsp3) is 0.333. The van der Waals surface area contributed by atoms with E-state index in [0.717, 1.165) is 17.7 Å². The summed E-state index contributed by atoms with van der Waals surface area (Å²) in [5, 5.41) is 2.60. The Hall–Kier alpha value is -4.15. The van der Waals surface area contributed by atoms with E-state index in [1.54, 1.807) is 12.2 Å². The van der Waals surface area contributed by atoms with Crippen LogP contribution in [-0.4, -0.2) is 65.3 Å². The Morgan fingerprint density at radius 1 is 1.13 bits per heavy atom. The van der Waals surface area contributed by atoms with Gasteiger partial charge in [0.2, 0.25) is 11.8 Å². The smallest absolute Gasteiger partial charge is 0.416 e. The second kappa shape index (κ2) is 11.5. The molecular formula is C27H26F3N3O5. The topological polar surface area (TPSA) is 96.0 Å². The zero-order valence-corrected chi connectivity index (χ0v) is 20.3. The van der Waals surface area contributed by atoms with E-state index in [4.69, 9.17) is 4.74 Å². The third-order valence-electron chi connectivity index (χ3n) is 6.48. The first kappa shape index (κ1) is 26.9. The molecule has 2 aliphatic rings. The Bertz CT molecular complexity index is 1220. The summed E-state index contributed by atoms with van der Waals surface area (Å²) in [6, 6.07) is 11.2. The summed E-state index contributed by atoms with van der Waals surface area (Å²) in [5.41, 5.74) is 0.231. The van der Waals surface area contributed by atoms with Crippen LogP contribution in [0.5, 0.6) is 0 Å². The number of carbonyl (C=O) groups excluding carboxylic acids is 4. The van der Waals surface area contributed by atoms with Crippen LogP contribution in [0.25, 0.3) is 6.08 Å². The molecule has 0 radical (unpaired) electrons. The molecule has 0 spiro atoms. The van der Waals surface area contributed by atoms with Gasteiger partial charge in [-0.1, -0.05) is 54.6 Å². The van der Waals surface area contributed by atoms with Crippen LogP contribution in [0.3, 0.4) is 0 Å². The number of nitrogens with zero attached hydrogens (tertiary/aromatic N) is 2. The summed E-state index contributed by atoms with van der Waals surface area (Å²) >= 11 is 0. The van der Waals surface area contributed by atoms with E-state index in [0.29, 0.717) is 6.29 Å². The molecule has 4 rings (SSSR count). The Morgan fingerprint density at radius 2 is 1.89 bits per heavy atom. The number of nitrogens with one attached hydrogen (secondary N) is 1. The number of halogens is 3. The van der Waals surface area contributed by atoms with Crippen molar-refractivity contribution in [1.82, 2.24) is 15.1 Å². The highest BCUT2D eigenvalue weighted by atomic mass is 19.4. The third-order valence-corrected chi connectivity index (χ3v) is 6.48. The van der Waals surface area contributed by atoms with Gasteiger partial charge in [0, 0.05) is 13.0 Å². The maximum Gasteiger partial charge on any atom is 0.416 e. The largest absolute Gasteiger partial charge is 0.448 e. The fourth-order valence-corrected chi connectivity index (χ4v) is 4.61. The number of carbonyl (C=O) groups is 4. The number of hydrogen-bond donors (Lipinski definition) is 1. The van der Waals surface area contributed by atoms with Crippen LogP contribution in [0.1, 0.15) is 29.5 Å². The van der Waals surface area contributed by atoms with Crippen molar-refractivity contribution < 1.29 is 37.1 Å². The lowest BCUT2D eigenvalue weighted by atomic mass is 9.88. The van der Waals surface area contributed by atoms with Crippen LogP contribution in [0, 0.1) is 0 Å². The van der Waals surface area contributed by atoms with Crippen molar-refractivity contribution in [1.29, 1.82) is 0 Å². The van der Waals surface area contributed by atoms with Gasteiger partial charge in [-0.2, -0.15) is 13.2 Å². The van der Waals surface area contributed by atoms with Crippen LogP contribution < -0.4 is 5.32 Å². The van der Waals surface area contributed by atoms with Crippen molar-refractivity contribution in [3.63, 3.8) is 0 Å². The van der Waals surface area contributed by atoms with E-state index in [-0.39, 0.29) is 38.1 Å². The van der Waals surface area contributed by atoms with E-state index in [1.807, 2.05) is 30.3 Å². The number of aldehydes is 1. The van der Waals surface area contributed by atoms with Crippen molar-refractivity contribution >= 4 is 30.3 Å². The van der Waals surface area contributed by atoms with Crippen molar-refractivity contribution in [3.8, 4) is 0 Å². The number of rotatable bonds is 10. The molecule has 11 heteroatoms. The highest BCUT2D eigenvalue weighted by Crippen LogP contribution is 2.33. The van der Waals surface area contributed by atoms with E-state index in [2.05, 4.69) is 5.32 Å². The minimum Gasteiger partial charge on any atom is -0.448 e. The molecule has 2 aromatic rings. The fourth-order valence-electron chi connectivity index (χ4n) is 4.61. The maximum absolute atomic E-state index is 13.3. The summed E-state index contributed by atoms with van der Waals surface area (Å²) in [6.07, 6.45) is -1.04. The van der Waals surface area contributed by atoms with Gasteiger partial charge >= 0.3 is 12.3 Å². The molecular weight excluding hydrogens is 503 g/mol. The van der Waals surface area contributed by atoms with Crippen molar-refractivity contribution in [2.75, 3.05) is 13.2 Å². The highest BCUT2D eigenvalue weighted by Gasteiger charge is 2.55. The van der Waals surface area contributed by atoms with Gasteiger partial charge in [0.25, 0.3) is 0 Å². The number of β-lactam (4-membered cyclic amide) rings is 1. The third kappa shape index (κ3) is 5.87. The summed E-state index contributed by atoms with van der Waals surface area (Å²) in [4.78, 5) is 52.5. The molecule has 0 bridgehead atoms. The van der Waals surface area contributed by atoms with Crippen molar-refractivity contribution in [2.45, 2.75) is 43.7 Å². The number of hydrogen-bond acceptors (Lipinski definition) is 5. The maximum atomic E-state index is 13.3. The first-order valence-electron chi connectivity index (χ1n) is 12.1.